The summed E-state index contributed by atoms with van der Waals surface area (Å²) in [4.78, 5) is 14.0. The normalized spacial score (nSPS) is 10.9. The van der Waals surface area contributed by atoms with Crippen LogP contribution in [0.4, 0.5) is 0 Å². The molecular formula is C16H12ClNO2. The lowest BCUT2D eigenvalue weighted by molar-refractivity contribution is 0.112. The van der Waals surface area contributed by atoms with Crippen LogP contribution in [0.25, 0.3) is 22.0 Å². The van der Waals surface area contributed by atoms with Crippen LogP contribution in [0, 0.1) is 0 Å². The maximum absolute atomic E-state index is 11.0. The molecule has 0 atom stereocenters. The van der Waals surface area contributed by atoms with Crippen molar-refractivity contribution in [3.8, 4) is 11.1 Å². The molecule has 0 amide bonds. The van der Waals surface area contributed by atoms with Crippen LogP contribution in [0.15, 0.2) is 42.6 Å². The molecule has 20 heavy (non-hydrogen) atoms. The van der Waals surface area contributed by atoms with Crippen LogP contribution in [0.5, 0.6) is 0 Å². The molecule has 3 rings (SSSR count). The van der Waals surface area contributed by atoms with E-state index in [4.69, 9.17) is 16.7 Å². The summed E-state index contributed by atoms with van der Waals surface area (Å²) in [7, 11) is 0. The standard InChI is InChI=1S/C16H12ClNO2/c17-15-6-16-14(12(9-20)7-18-16)5-13(15)11-3-1-10(8-19)2-4-11/h1-7,9,18-19H,8H2. The van der Waals surface area contributed by atoms with Crippen molar-refractivity contribution in [1.29, 1.82) is 0 Å². The molecule has 0 saturated carbocycles. The molecule has 4 heteroatoms. The van der Waals surface area contributed by atoms with Crippen LogP contribution in [0.2, 0.25) is 5.02 Å². The van der Waals surface area contributed by atoms with E-state index in [0.29, 0.717) is 10.6 Å². The van der Waals surface area contributed by atoms with E-state index in [1.54, 1.807) is 6.20 Å². The first-order valence-corrected chi connectivity index (χ1v) is 6.56. The molecule has 2 aromatic carbocycles. The molecule has 0 radical (unpaired) electrons. The molecule has 0 saturated heterocycles. The predicted molar refractivity (Wildman–Crippen MR) is 80.1 cm³/mol. The van der Waals surface area contributed by atoms with Gasteiger partial charge in [0, 0.05) is 28.2 Å². The third-order valence-electron chi connectivity index (χ3n) is 3.38. The van der Waals surface area contributed by atoms with Crippen molar-refractivity contribution in [3.05, 3.63) is 58.7 Å². The second kappa shape index (κ2) is 5.12. The Morgan fingerprint density at radius 2 is 1.95 bits per heavy atom. The third-order valence-corrected chi connectivity index (χ3v) is 3.69. The highest BCUT2D eigenvalue weighted by Crippen LogP contribution is 2.33. The zero-order valence-electron chi connectivity index (χ0n) is 10.6. The number of nitrogens with one attached hydrogen (secondary N) is 1. The van der Waals surface area contributed by atoms with Crippen molar-refractivity contribution >= 4 is 28.8 Å². The van der Waals surface area contributed by atoms with Gasteiger partial charge in [-0.05, 0) is 23.3 Å². The van der Waals surface area contributed by atoms with Crippen molar-refractivity contribution in [2.24, 2.45) is 0 Å². The number of hydrogen-bond acceptors (Lipinski definition) is 2. The molecule has 3 aromatic rings. The smallest absolute Gasteiger partial charge is 0.152 e. The number of hydrogen-bond donors (Lipinski definition) is 2. The zero-order chi connectivity index (χ0) is 14.1. The van der Waals surface area contributed by atoms with E-state index in [1.165, 1.54) is 0 Å². The van der Waals surface area contributed by atoms with Crippen LogP contribution in [0.3, 0.4) is 0 Å². The van der Waals surface area contributed by atoms with E-state index in [9.17, 15) is 4.79 Å². The van der Waals surface area contributed by atoms with Crippen LogP contribution in [0.1, 0.15) is 15.9 Å². The number of aldehydes is 1. The molecule has 1 aromatic heterocycles. The van der Waals surface area contributed by atoms with Gasteiger partial charge in [-0.1, -0.05) is 35.9 Å². The molecule has 0 unspecified atom stereocenters. The number of carbonyl (C=O) groups excluding carboxylic acids is 1. The molecule has 100 valence electrons. The number of rotatable bonds is 3. The average molecular weight is 286 g/mol. The Labute approximate surface area is 120 Å². The summed E-state index contributed by atoms with van der Waals surface area (Å²) < 4.78 is 0. The van der Waals surface area contributed by atoms with E-state index in [0.717, 1.165) is 33.9 Å². The summed E-state index contributed by atoms with van der Waals surface area (Å²) in [5, 5.41) is 10.5. The van der Waals surface area contributed by atoms with Crippen molar-refractivity contribution in [2.75, 3.05) is 0 Å². The molecule has 0 aliphatic carbocycles. The minimum absolute atomic E-state index is 0.0140. The van der Waals surface area contributed by atoms with Gasteiger partial charge < -0.3 is 10.1 Å². The number of benzene rings is 2. The van der Waals surface area contributed by atoms with Gasteiger partial charge in [-0.2, -0.15) is 0 Å². The molecule has 3 nitrogen and oxygen atoms in total. The van der Waals surface area contributed by atoms with E-state index >= 15 is 0 Å². The fraction of sp³-hybridized carbons (Fsp3) is 0.0625. The summed E-state index contributed by atoms with van der Waals surface area (Å²) in [5.74, 6) is 0. The van der Waals surface area contributed by atoms with Gasteiger partial charge in [0.15, 0.2) is 6.29 Å². The highest BCUT2D eigenvalue weighted by atomic mass is 35.5. The second-order valence-electron chi connectivity index (χ2n) is 4.59. The number of carbonyl (C=O) groups is 1. The molecule has 0 spiro atoms. The Bertz CT molecular complexity index is 775. The first kappa shape index (κ1) is 12.9. The average Bonchev–Trinajstić information content (AvgIpc) is 2.88. The number of H-pyrrole nitrogens is 1. The quantitative estimate of drug-likeness (QED) is 0.719. The van der Waals surface area contributed by atoms with Gasteiger partial charge in [0.2, 0.25) is 0 Å². The monoisotopic (exact) mass is 285 g/mol. The summed E-state index contributed by atoms with van der Waals surface area (Å²) in [6.45, 7) is 0.0140. The van der Waals surface area contributed by atoms with Gasteiger partial charge in [0.05, 0.1) is 11.6 Å². The largest absolute Gasteiger partial charge is 0.392 e. The van der Waals surface area contributed by atoms with Gasteiger partial charge in [-0.3, -0.25) is 4.79 Å². The van der Waals surface area contributed by atoms with Gasteiger partial charge in [0.1, 0.15) is 0 Å². The molecule has 0 fully saturated rings. The van der Waals surface area contributed by atoms with E-state index in [2.05, 4.69) is 4.98 Å². The van der Waals surface area contributed by atoms with Crippen molar-refractivity contribution in [1.82, 2.24) is 4.98 Å². The fourth-order valence-corrected chi connectivity index (χ4v) is 2.55. The number of halogens is 1. The molecule has 0 aliphatic rings. The third kappa shape index (κ3) is 2.11. The molecule has 1 heterocycles. The van der Waals surface area contributed by atoms with Gasteiger partial charge in [0.25, 0.3) is 0 Å². The summed E-state index contributed by atoms with van der Waals surface area (Å²) in [6, 6.07) is 11.3. The maximum atomic E-state index is 11.0. The zero-order valence-corrected chi connectivity index (χ0v) is 11.3. The van der Waals surface area contributed by atoms with E-state index in [-0.39, 0.29) is 6.61 Å². The van der Waals surface area contributed by atoms with Crippen LogP contribution < -0.4 is 0 Å². The first-order chi connectivity index (χ1) is 9.72. The predicted octanol–water partition coefficient (Wildman–Crippen LogP) is 3.79. The SMILES string of the molecule is O=Cc1c[nH]c2cc(Cl)c(-c3ccc(CO)cc3)cc12. The van der Waals surface area contributed by atoms with E-state index in [1.807, 2.05) is 36.4 Å². The Morgan fingerprint density at radius 3 is 2.60 bits per heavy atom. The second-order valence-corrected chi connectivity index (χ2v) is 5.00. The lowest BCUT2D eigenvalue weighted by Crippen LogP contribution is -1.85. The van der Waals surface area contributed by atoms with Gasteiger partial charge in [-0.15, -0.1) is 0 Å². The molecular weight excluding hydrogens is 274 g/mol. The Balaban J connectivity index is 2.18. The lowest BCUT2D eigenvalue weighted by Gasteiger charge is -2.06. The maximum Gasteiger partial charge on any atom is 0.152 e. The van der Waals surface area contributed by atoms with Crippen molar-refractivity contribution < 1.29 is 9.90 Å². The fourth-order valence-electron chi connectivity index (χ4n) is 2.27. The number of aromatic amines is 1. The minimum Gasteiger partial charge on any atom is -0.392 e. The highest BCUT2D eigenvalue weighted by molar-refractivity contribution is 6.34. The Kier molecular flexibility index (Phi) is 3.30. The Hall–Kier alpha value is -2.10. The highest BCUT2D eigenvalue weighted by Gasteiger charge is 2.09. The lowest BCUT2D eigenvalue weighted by atomic mass is 10.0. The summed E-state index contributed by atoms with van der Waals surface area (Å²) in [6.07, 6.45) is 2.50. The van der Waals surface area contributed by atoms with Crippen molar-refractivity contribution in [2.45, 2.75) is 6.61 Å². The topological polar surface area (TPSA) is 53.1 Å². The first-order valence-electron chi connectivity index (χ1n) is 6.19. The molecule has 0 bridgehead atoms. The van der Waals surface area contributed by atoms with Gasteiger partial charge >= 0.3 is 0 Å². The number of fused-ring (bicyclic) bond motifs is 1. The van der Waals surface area contributed by atoms with Gasteiger partial charge in [-0.25, -0.2) is 0 Å². The number of aliphatic hydroxyl groups is 1. The van der Waals surface area contributed by atoms with Crippen LogP contribution >= 0.6 is 11.6 Å². The van der Waals surface area contributed by atoms with E-state index < -0.39 is 0 Å². The van der Waals surface area contributed by atoms with Crippen molar-refractivity contribution in [3.63, 3.8) is 0 Å². The Morgan fingerprint density at radius 1 is 1.20 bits per heavy atom. The minimum atomic E-state index is 0.0140. The summed E-state index contributed by atoms with van der Waals surface area (Å²) in [5.41, 5.74) is 4.12. The van der Waals surface area contributed by atoms with Crippen LogP contribution in [-0.2, 0) is 6.61 Å². The number of aromatic nitrogens is 1. The summed E-state index contributed by atoms with van der Waals surface area (Å²) >= 11 is 6.31. The van der Waals surface area contributed by atoms with Crippen LogP contribution in [-0.4, -0.2) is 16.4 Å². The number of aliphatic hydroxyl groups excluding tert-OH is 1. The molecule has 2 N–H and O–H groups in total. The molecule has 0 aliphatic heterocycles.